The Bertz CT molecular complexity index is 453. The lowest BCUT2D eigenvalue weighted by molar-refractivity contribution is -0.140. The second-order valence-corrected chi connectivity index (χ2v) is 6.73. The number of rotatable bonds is 6. The molecule has 4 nitrogen and oxygen atoms in total. The van der Waals surface area contributed by atoms with Gasteiger partial charge in [-0.25, -0.2) is 4.98 Å². The molecule has 0 bridgehead atoms. The molecule has 5 heteroatoms. The molecule has 1 saturated carbocycles. The SMILES string of the molecule is CCC1CCC(N(C)c2nc(CCC(=O)OC)cs2)CC1. The van der Waals surface area contributed by atoms with Gasteiger partial charge in [0.05, 0.1) is 19.2 Å². The van der Waals surface area contributed by atoms with E-state index in [4.69, 9.17) is 0 Å². The quantitative estimate of drug-likeness (QED) is 0.752. The van der Waals surface area contributed by atoms with Crippen LogP contribution >= 0.6 is 11.3 Å². The predicted octanol–water partition coefficient (Wildman–Crippen LogP) is 3.65. The van der Waals surface area contributed by atoms with E-state index in [1.807, 2.05) is 0 Å². The van der Waals surface area contributed by atoms with E-state index in [0.717, 1.165) is 16.7 Å². The first kappa shape index (κ1) is 16.3. The molecule has 0 unspecified atom stereocenters. The van der Waals surface area contributed by atoms with Crippen LogP contribution in [-0.2, 0) is 16.0 Å². The first-order chi connectivity index (χ1) is 10.1. The van der Waals surface area contributed by atoms with Crippen molar-refractivity contribution in [2.24, 2.45) is 5.92 Å². The largest absolute Gasteiger partial charge is 0.469 e. The van der Waals surface area contributed by atoms with Gasteiger partial charge in [-0.1, -0.05) is 13.3 Å². The molecule has 1 aromatic heterocycles. The van der Waals surface area contributed by atoms with Crippen LogP contribution < -0.4 is 4.90 Å². The molecule has 0 N–H and O–H groups in total. The van der Waals surface area contributed by atoms with Crippen molar-refractivity contribution in [1.29, 1.82) is 0 Å². The number of esters is 1. The Hall–Kier alpha value is -1.10. The van der Waals surface area contributed by atoms with Crippen LogP contribution in [0.1, 0.15) is 51.1 Å². The van der Waals surface area contributed by atoms with Crippen LogP contribution in [0, 0.1) is 5.92 Å². The number of aromatic nitrogens is 1. The molecule has 0 spiro atoms. The minimum absolute atomic E-state index is 0.171. The van der Waals surface area contributed by atoms with Gasteiger partial charge in [-0.2, -0.15) is 0 Å². The maximum absolute atomic E-state index is 11.2. The van der Waals surface area contributed by atoms with Crippen molar-refractivity contribution in [1.82, 2.24) is 4.98 Å². The molecule has 0 aliphatic heterocycles. The maximum Gasteiger partial charge on any atom is 0.305 e. The van der Waals surface area contributed by atoms with Crippen molar-refractivity contribution in [3.8, 4) is 0 Å². The molecular weight excluding hydrogens is 284 g/mol. The van der Waals surface area contributed by atoms with Gasteiger partial charge in [0.15, 0.2) is 5.13 Å². The molecule has 0 radical (unpaired) electrons. The number of carbonyl (C=O) groups excluding carboxylic acids is 1. The lowest BCUT2D eigenvalue weighted by atomic mass is 9.84. The van der Waals surface area contributed by atoms with E-state index in [2.05, 4.69) is 34.0 Å². The number of aryl methyl sites for hydroxylation is 1. The van der Waals surface area contributed by atoms with Gasteiger partial charge in [-0.15, -0.1) is 11.3 Å². The highest BCUT2D eigenvalue weighted by molar-refractivity contribution is 7.13. The van der Waals surface area contributed by atoms with Gasteiger partial charge in [-0.05, 0) is 31.6 Å². The van der Waals surface area contributed by atoms with Crippen LogP contribution in [0.15, 0.2) is 5.38 Å². The zero-order chi connectivity index (χ0) is 15.2. The molecule has 1 aromatic rings. The summed E-state index contributed by atoms with van der Waals surface area (Å²) in [6.07, 6.45) is 7.60. The molecule has 0 saturated heterocycles. The first-order valence-electron chi connectivity index (χ1n) is 7.88. The van der Waals surface area contributed by atoms with Crippen LogP contribution in [0.3, 0.4) is 0 Å². The molecular formula is C16H26N2O2S. The van der Waals surface area contributed by atoms with E-state index >= 15 is 0 Å². The van der Waals surface area contributed by atoms with E-state index in [1.165, 1.54) is 39.2 Å². The summed E-state index contributed by atoms with van der Waals surface area (Å²) in [5.41, 5.74) is 0.995. The highest BCUT2D eigenvalue weighted by Crippen LogP contribution is 2.32. The van der Waals surface area contributed by atoms with E-state index in [-0.39, 0.29) is 5.97 Å². The number of hydrogen-bond acceptors (Lipinski definition) is 5. The Kier molecular flexibility index (Phi) is 6.03. The third kappa shape index (κ3) is 4.43. The van der Waals surface area contributed by atoms with Gasteiger partial charge in [0, 0.05) is 24.9 Å². The highest BCUT2D eigenvalue weighted by Gasteiger charge is 2.24. The Morgan fingerprint density at radius 2 is 2.14 bits per heavy atom. The van der Waals surface area contributed by atoms with Crippen molar-refractivity contribution in [2.45, 2.75) is 57.9 Å². The summed E-state index contributed by atoms with van der Waals surface area (Å²) in [4.78, 5) is 18.2. The Morgan fingerprint density at radius 3 is 2.76 bits per heavy atom. The fourth-order valence-corrected chi connectivity index (χ4v) is 3.90. The van der Waals surface area contributed by atoms with Gasteiger partial charge < -0.3 is 9.64 Å². The summed E-state index contributed by atoms with van der Waals surface area (Å²) < 4.78 is 4.67. The molecule has 1 fully saturated rings. The van der Waals surface area contributed by atoms with Gasteiger partial charge in [0.2, 0.25) is 0 Å². The van der Waals surface area contributed by atoms with Crippen LogP contribution in [0.4, 0.5) is 5.13 Å². The third-order valence-corrected chi connectivity index (χ3v) is 5.58. The smallest absolute Gasteiger partial charge is 0.305 e. The number of anilines is 1. The lowest BCUT2D eigenvalue weighted by Gasteiger charge is -2.34. The summed E-state index contributed by atoms with van der Waals surface area (Å²) in [5.74, 6) is 0.748. The van der Waals surface area contributed by atoms with Crippen LogP contribution in [0.25, 0.3) is 0 Å². The normalized spacial score (nSPS) is 22.0. The standard InChI is InChI=1S/C16H26N2O2S/c1-4-12-5-8-14(9-6-12)18(2)16-17-13(11-21-16)7-10-15(19)20-3/h11-12,14H,4-10H2,1-3H3. The van der Waals surface area contributed by atoms with E-state index in [9.17, 15) is 4.79 Å². The molecule has 118 valence electrons. The van der Waals surface area contributed by atoms with Crippen molar-refractivity contribution in [2.75, 3.05) is 19.1 Å². The van der Waals surface area contributed by atoms with E-state index in [1.54, 1.807) is 11.3 Å². The Labute approximate surface area is 131 Å². The average Bonchev–Trinajstić information content (AvgIpc) is 3.00. The second-order valence-electron chi connectivity index (χ2n) is 5.89. The van der Waals surface area contributed by atoms with Crippen molar-refractivity contribution in [3.05, 3.63) is 11.1 Å². The molecule has 1 aliphatic carbocycles. The number of nitrogens with zero attached hydrogens (tertiary/aromatic N) is 2. The van der Waals surface area contributed by atoms with Crippen LogP contribution in [0.5, 0.6) is 0 Å². The fourth-order valence-electron chi connectivity index (χ4n) is 3.00. The Morgan fingerprint density at radius 1 is 1.43 bits per heavy atom. The summed E-state index contributed by atoms with van der Waals surface area (Å²) in [6, 6.07) is 0.618. The number of ether oxygens (including phenoxy) is 1. The maximum atomic E-state index is 11.2. The van der Waals surface area contributed by atoms with Crippen molar-refractivity contribution >= 4 is 22.4 Å². The summed E-state index contributed by atoms with van der Waals surface area (Å²) in [5, 5.41) is 3.14. The first-order valence-corrected chi connectivity index (χ1v) is 8.76. The number of hydrogen-bond donors (Lipinski definition) is 0. The number of methoxy groups -OCH3 is 1. The number of carbonyl (C=O) groups is 1. The molecule has 1 aliphatic rings. The average molecular weight is 310 g/mol. The predicted molar refractivity (Wildman–Crippen MR) is 86.9 cm³/mol. The zero-order valence-corrected chi connectivity index (χ0v) is 14.1. The van der Waals surface area contributed by atoms with Gasteiger partial charge in [-0.3, -0.25) is 4.79 Å². The van der Waals surface area contributed by atoms with Crippen molar-refractivity contribution in [3.63, 3.8) is 0 Å². The van der Waals surface area contributed by atoms with Gasteiger partial charge in [0.1, 0.15) is 0 Å². The van der Waals surface area contributed by atoms with Crippen LogP contribution in [-0.4, -0.2) is 31.2 Å². The number of thiazole rings is 1. The van der Waals surface area contributed by atoms with Crippen LogP contribution in [0.2, 0.25) is 0 Å². The molecule has 1 heterocycles. The van der Waals surface area contributed by atoms with Gasteiger partial charge >= 0.3 is 5.97 Å². The molecule has 0 atom stereocenters. The second kappa shape index (κ2) is 7.78. The molecule has 21 heavy (non-hydrogen) atoms. The van der Waals surface area contributed by atoms with E-state index in [0.29, 0.717) is 18.9 Å². The summed E-state index contributed by atoms with van der Waals surface area (Å²) in [7, 11) is 3.58. The lowest BCUT2D eigenvalue weighted by Crippen LogP contribution is -2.35. The zero-order valence-electron chi connectivity index (χ0n) is 13.3. The minimum atomic E-state index is -0.171. The Balaban J connectivity index is 1.87. The summed E-state index contributed by atoms with van der Waals surface area (Å²) in [6.45, 7) is 2.29. The summed E-state index contributed by atoms with van der Waals surface area (Å²) >= 11 is 1.68. The molecule has 2 rings (SSSR count). The topological polar surface area (TPSA) is 42.4 Å². The van der Waals surface area contributed by atoms with E-state index < -0.39 is 0 Å². The van der Waals surface area contributed by atoms with Crippen molar-refractivity contribution < 1.29 is 9.53 Å². The van der Waals surface area contributed by atoms with Gasteiger partial charge in [0.25, 0.3) is 0 Å². The molecule has 0 amide bonds. The highest BCUT2D eigenvalue weighted by atomic mass is 32.1. The monoisotopic (exact) mass is 310 g/mol. The third-order valence-electron chi connectivity index (χ3n) is 4.60. The fraction of sp³-hybridized carbons (Fsp3) is 0.750. The molecule has 0 aromatic carbocycles. The minimum Gasteiger partial charge on any atom is -0.469 e.